The zero-order valence-electron chi connectivity index (χ0n) is 22.6. The monoisotopic (exact) mass is 531 g/mol. The summed E-state index contributed by atoms with van der Waals surface area (Å²) in [5, 5.41) is 11.5. The van der Waals surface area contributed by atoms with Gasteiger partial charge in [0.2, 0.25) is 0 Å². The number of ketones is 1. The van der Waals surface area contributed by atoms with Crippen LogP contribution in [0.15, 0.2) is 64.8 Å². The number of carbonyl (C=O) groups is 2. The van der Waals surface area contributed by atoms with Crippen LogP contribution in [0.1, 0.15) is 55.7 Å². The highest BCUT2D eigenvalue weighted by Crippen LogP contribution is 2.43. The van der Waals surface area contributed by atoms with Crippen molar-refractivity contribution >= 4 is 17.4 Å². The lowest BCUT2D eigenvalue weighted by molar-refractivity contribution is -0.140. The first-order chi connectivity index (χ1) is 18.8. The van der Waals surface area contributed by atoms with Crippen LogP contribution in [0, 0.1) is 5.92 Å². The second-order valence-electron chi connectivity index (χ2n) is 10.4. The van der Waals surface area contributed by atoms with Gasteiger partial charge in [-0.05, 0) is 72.9 Å². The highest BCUT2D eigenvalue weighted by atomic mass is 16.5. The van der Waals surface area contributed by atoms with Crippen molar-refractivity contribution in [2.45, 2.75) is 52.3 Å². The van der Waals surface area contributed by atoms with Gasteiger partial charge in [0.05, 0.1) is 38.1 Å². The molecule has 2 aromatic carbocycles. The summed E-state index contributed by atoms with van der Waals surface area (Å²) >= 11 is 0. The van der Waals surface area contributed by atoms with Crippen molar-refractivity contribution < 1.29 is 33.3 Å². The molecule has 2 atom stereocenters. The number of aliphatic hydroxyl groups is 1. The molecule has 5 rings (SSSR count). The van der Waals surface area contributed by atoms with Crippen LogP contribution in [-0.2, 0) is 22.6 Å². The molecular formula is C31H33NO7. The Hall–Kier alpha value is -4.20. The highest BCUT2D eigenvalue weighted by Gasteiger charge is 2.46. The van der Waals surface area contributed by atoms with Gasteiger partial charge in [-0.1, -0.05) is 19.9 Å². The topological polar surface area (TPSA) is 98.4 Å². The summed E-state index contributed by atoms with van der Waals surface area (Å²) in [7, 11) is 1.54. The molecule has 0 saturated carbocycles. The Kier molecular flexibility index (Phi) is 7.37. The predicted octanol–water partition coefficient (Wildman–Crippen LogP) is 5.66. The molecule has 1 N–H and O–H groups in total. The Bertz CT molecular complexity index is 1410. The number of hydrogen-bond acceptors (Lipinski definition) is 7. The molecule has 1 fully saturated rings. The summed E-state index contributed by atoms with van der Waals surface area (Å²) in [4.78, 5) is 28.2. The van der Waals surface area contributed by atoms with Gasteiger partial charge in [0, 0.05) is 12.0 Å². The molecule has 0 aliphatic carbocycles. The number of hydrogen-bond donors (Lipinski definition) is 1. The number of rotatable bonds is 9. The van der Waals surface area contributed by atoms with Crippen molar-refractivity contribution in [1.82, 2.24) is 4.90 Å². The summed E-state index contributed by atoms with van der Waals surface area (Å²) in [6.07, 6.45) is 3.13. The van der Waals surface area contributed by atoms with E-state index in [4.69, 9.17) is 18.6 Å². The van der Waals surface area contributed by atoms with Crippen molar-refractivity contribution in [2.24, 2.45) is 5.92 Å². The van der Waals surface area contributed by atoms with Crippen molar-refractivity contribution in [3.8, 4) is 17.2 Å². The second kappa shape index (κ2) is 10.9. The molecule has 2 aliphatic rings. The minimum absolute atomic E-state index is 0.00833. The summed E-state index contributed by atoms with van der Waals surface area (Å²) in [6, 6.07) is 13.2. The summed E-state index contributed by atoms with van der Waals surface area (Å²) in [5.41, 5.74) is 2.01. The molecule has 0 radical (unpaired) electrons. The van der Waals surface area contributed by atoms with Crippen LogP contribution >= 0.6 is 0 Å². The van der Waals surface area contributed by atoms with Crippen molar-refractivity contribution in [3.05, 3.63) is 82.8 Å². The molecule has 8 nitrogen and oxygen atoms in total. The van der Waals surface area contributed by atoms with Crippen LogP contribution in [-0.4, -0.2) is 41.5 Å². The van der Waals surface area contributed by atoms with Crippen molar-refractivity contribution in [2.75, 3.05) is 13.7 Å². The Morgan fingerprint density at radius 2 is 1.95 bits per heavy atom. The number of aliphatic hydroxyl groups excluding tert-OH is 1. The standard InChI is InChI=1S/C31H33NO7/c1-18(2)11-13-38-25-10-7-20(16-26(25)36-4)28-27(30(34)31(35)32(28)17-23-6-5-12-37-23)29(33)21-8-9-24-22(15-21)14-19(3)39-24/h5-10,12,15-16,18-19,28,33H,11,13-14,17H2,1-4H3/t19-,28-/m0/s1. The molecule has 3 heterocycles. The number of benzene rings is 2. The van der Waals surface area contributed by atoms with E-state index in [1.165, 1.54) is 11.2 Å². The third kappa shape index (κ3) is 5.24. The molecule has 204 valence electrons. The van der Waals surface area contributed by atoms with Crippen LogP contribution < -0.4 is 14.2 Å². The van der Waals surface area contributed by atoms with Gasteiger partial charge in [-0.3, -0.25) is 9.59 Å². The lowest BCUT2D eigenvalue weighted by atomic mass is 9.94. The average molecular weight is 532 g/mol. The van der Waals surface area contributed by atoms with E-state index in [9.17, 15) is 14.7 Å². The number of fused-ring (bicyclic) bond motifs is 1. The fourth-order valence-electron chi connectivity index (χ4n) is 5.06. The molecule has 1 amide bonds. The van der Waals surface area contributed by atoms with Gasteiger partial charge >= 0.3 is 0 Å². The third-order valence-electron chi connectivity index (χ3n) is 7.07. The molecular weight excluding hydrogens is 498 g/mol. The number of nitrogens with zero attached hydrogens (tertiary/aromatic N) is 1. The molecule has 1 aromatic heterocycles. The van der Waals surface area contributed by atoms with Gasteiger partial charge in [0.15, 0.2) is 11.5 Å². The van der Waals surface area contributed by atoms with Crippen LogP contribution in [0.4, 0.5) is 0 Å². The normalized spacial score (nSPS) is 19.9. The van der Waals surface area contributed by atoms with E-state index in [1.807, 2.05) is 13.0 Å². The lowest BCUT2D eigenvalue weighted by Crippen LogP contribution is -2.29. The maximum absolute atomic E-state index is 13.4. The average Bonchev–Trinajstić information content (AvgIpc) is 3.62. The predicted molar refractivity (Wildman–Crippen MR) is 145 cm³/mol. The van der Waals surface area contributed by atoms with Crippen LogP contribution in [0.5, 0.6) is 17.2 Å². The first-order valence-corrected chi connectivity index (χ1v) is 13.2. The molecule has 0 bridgehead atoms. The molecule has 8 heteroatoms. The zero-order chi connectivity index (χ0) is 27.7. The van der Waals surface area contributed by atoms with Crippen LogP contribution in [0.25, 0.3) is 5.76 Å². The molecule has 0 unspecified atom stereocenters. The second-order valence-corrected chi connectivity index (χ2v) is 10.4. The maximum atomic E-state index is 13.4. The molecule has 0 spiro atoms. The fourth-order valence-corrected chi connectivity index (χ4v) is 5.06. The van der Waals surface area contributed by atoms with Crippen LogP contribution in [0.2, 0.25) is 0 Å². The Labute approximate surface area is 227 Å². The molecule has 2 aliphatic heterocycles. The largest absolute Gasteiger partial charge is 0.507 e. The number of carbonyl (C=O) groups excluding carboxylic acids is 2. The van der Waals surface area contributed by atoms with E-state index in [-0.39, 0.29) is 24.0 Å². The van der Waals surface area contributed by atoms with Crippen molar-refractivity contribution in [3.63, 3.8) is 0 Å². The summed E-state index contributed by atoms with van der Waals surface area (Å²) < 4.78 is 22.8. The third-order valence-corrected chi connectivity index (χ3v) is 7.07. The van der Waals surface area contributed by atoms with E-state index in [1.54, 1.807) is 49.6 Å². The number of likely N-dealkylation sites (tertiary alicyclic amines) is 1. The fraction of sp³-hybridized carbons (Fsp3) is 0.355. The minimum atomic E-state index is -0.864. The Morgan fingerprint density at radius 1 is 1.13 bits per heavy atom. The molecule has 3 aromatic rings. The zero-order valence-corrected chi connectivity index (χ0v) is 22.6. The SMILES string of the molecule is COc1cc([C@H]2C(=C(O)c3ccc4c(c3)C[C@H](C)O4)C(=O)C(=O)N2Cc2ccco2)ccc1OCCC(C)C. The van der Waals surface area contributed by atoms with Gasteiger partial charge < -0.3 is 28.6 Å². The smallest absolute Gasteiger partial charge is 0.296 e. The van der Waals surface area contributed by atoms with Gasteiger partial charge in [-0.15, -0.1) is 0 Å². The number of methoxy groups -OCH3 is 1. The lowest BCUT2D eigenvalue weighted by Gasteiger charge is -2.25. The van der Waals surface area contributed by atoms with E-state index < -0.39 is 17.7 Å². The summed E-state index contributed by atoms with van der Waals surface area (Å²) in [6.45, 7) is 6.82. The Morgan fingerprint density at radius 3 is 2.67 bits per heavy atom. The van der Waals surface area contributed by atoms with E-state index in [2.05, 4.69) is 13.8 Å². The first-order valence-electron chi connectivity index (χ1n) is 13.2. The number of ether oxygens (including phenoxy) is 3. The van der Waals surface area contributed by atoms with E-state index >= 15 is 0 Å². The number of Topliss-reactive ketones (excluding diaryl/α,β-unsaturated/α-hetero) is 1. The molecule has 39 heavy (non-hydrogen) atoms. The first kappa shape index (κ1) is 26.4. The van der Waals surface area contributed by atoms with E-state index in [0.29, 0.717) is 47.3 Å². The summed E-state index contributed by atoms with van der Waals surface area (Å²) in [5.74, 6) is 1.10. The molecule has 1 saturated heterocycles. The van der Waals surface area contributed by atoms with Crippen LogP contribution in [0.3, 0.4) is 0 Å². The van der Waals surface area contributed by atoms with Crippen molar-refractivity contribution in [1.29, 1.82) is 0 Å². The minimum Gasteiger partial charge on any atom is -0.507 e. The van der Waals surface area contributed by atoms with Gasteiger partial charge in [-0.2, -0.15) is 0 Å². The number of amides is 1. The quantitative estimate of drug-likeness (QED) is 0.216. The van der Waals surface area contributed by atoms with Gasteiger partial charge in [0.25, 0.3) is 11.7 Å². The maximum Gasteiger partial charge on any atom is 0.296 e. The number of furan rings is 1. The Balaban J connectivity index is 1.58. The van der Waals surface area contributed by atoms with E-state index in [0.717, 1.165) is 17.7 Å². The van der Waals surface area contributed by atoms with Gasteiger partial charge in [-0.25, -0.2) is 0 Å². The highest BCUT2D eigenvalue weighted by molar-refractivity contribution is 6.46. The van der Waals surface area contributed by atoms with Gasteiger partial charge in [0.1, 0.15) is 23.4 Å².